The number of nitrogens with one attached hydrogen (secondary N) is 1. The summed E-state index contributed by atoms with van der Waals surface area (Å²) in [6.07, 6.45) is 7.55. The average molecular weight is 261 g/mol. The van der Waals surface area contributed by atoms with Gasteiger partial charge in [0, 0.05) is 12.3 Å². The fourth-order valence-electron chi connectivity index (χ4n) is 3.20. The van der Waals surface area contributed by atoms with E-state index in [0.29, 0.717) is 17.6 Å². The van der Waals surface area contributed by atoms with Gasteiger partial charge in [-0.25, -0.2) is 8.42 Å². The second kappa shape index (κ2) is 6.74. The van der Waals surface area contributed by atoms with Crippen LogP contribution in [0.2, 0.25) is 0 Å². The Morgan fingerprint density at radius 3 is 2.41 bits per heavy atom. The highest BCUT2D eigenvalue weighted by Gasteiger charge is 2.31. The molecule has 1 fully saturated rings. The third-order valence-electron chi connectivity index (χ3n) is 3.96. The SMILES string of the molecule is CCNC(CS(C)(=O)=O)C1CCCCC1CC. The first kappa shape index (κ1) is 15.0. The fraction of sp³-hybridized carbons (Fsp3) is 1.00. The Labute approximate surface area is 106 Å². The van der Waals surface area contributed by atoms with Gasteiger partial charge in [-0.15, -0.1) is 0 Å². The number of hydrogen-bond donors (Lipinski definition) is 1. The van der Waals surface area contributed by atoms with Gasteiger partial charge < -0.3 is 5.32 Å². The molecule has 0 aromatic rings. The monoisotopic (exact) mass is 261 g/mol. The lowest BCUT2D eigenvalue weighted by Gasteiger charge is -2.37. The molecule has 0 heterocycles. The van der Waals surface area contributed by atoms with Crippen LogP contribution in [-0.2, 0) is 9.84 Å². The summed E-state index contributed by atoms with van der Waals surface area (Å²) in [5, 5.41) is 3.39. The lowest BCUT2D eigenvalue weighted by molar-refractivity contribution is 0.185. The molecule has 102 valence electrons. The van der Waals surface area contributed by atoms with Crippen LogP contribution in [0.1, 0.15) is 46.0 Å². The molecule has 3 nitrogen and oxygen atoms in total. The van der Waals surface area contributed by atoms with E-state index in [1.54, 1.807) is 0 Å². The Hall–Kier alpha value is -0.0900. The van der Waals surface area contributed by atoms with Crippen molar-refractivity contribution in [1.29, 1.82) is 0 Å². The Bertz CT molecular complexity index is 313. The van der Waals surface area contributed by atoms with Crippen LogP contribution < -0.4 is 5.32 Å². The molecule has 1 aliphatic carbocycles. The van der Waals surface area contributed by atoms with E-state index >= 15 is 0 Å². The van der Waals surface area contributed by atoms with Crippen molar-refractivity contribution in [1.82, 2.24) is 5.32 Å². The van der Waals surface area contributed by atoms with Crippen molar-refractivity contribution in [2.45, 2.75) is 52.0 Å². The summed E-state index contributed by atoms with van der Waals surface area (Å²) in [4.78, 5) is 0. The lowest BCUT2D eigenvalue weighted by atomic mass is 9.74. The maximum absolute atomic E-state index is 11.5. The van der Waals surface area contributed by atoms with Crippen molar-refractivity contribution < 1.29 is 8.42 Å². The van der Waals surface area contributed by atoms with Crippen molar-refractivity contribution in [3.63, 3.8) is 0 Å². The van der Waals surface area contributed by atoms with Crippen LogP contribution in [0.5, 0.6) is 0 Å². The second-order valence-electron chi connectivity index (χ2n) is 5.37. The summed E-state index contributed by atoms with van der Waals surface area (Å²) in [5.74, 6) is 1.54. The van der Waals surface area contributed by atoms with E-state index in [9.17, 15) is 8.42 Å². The quantitative estimate of drug-likeness (QED) is 0.797. The normalized spacial score (nSPS) is 27.9. The van der Waals surface area contributed by atoms with Crippen LogP contribution in [-0.4, -0.2) is 33.0 Å². The molecule has 0 aliphatic heterocycles. The molecule has 0 spiro atoms. The van der Waals surface area contributed by atoms with Gasteiger partial charge >= 0.3 is 0 Å². The molecule has 0 aromatic carbocycles. The first-order valence-corrected chi connectivity index (χ1v) is 8.95. The minimum Gasteiger partial charge on any atom is -0.313 e. The third kappa shape index (κ3) is 4.96. The van der Waals surface area contributed by atoms with E-state index in [2.05, 4.69) is 19.2 Å². The van der Waals surface area contributed by atoms with E-state index in [4.69, 9.17) is 0 Å². The molecule has 0 aromatic heterocycles. The molecule has 3 unspecified atom stereocenters. The van der Waals surface area contributed by atoms with E-state index in [1.165, 1.54) is 38.4 Å². The largest absolute Gasteiger partial charge is 0.313 e. The summed E-state index contributed by atoms with van der Waals surface area (Å²) < 4.78 is 23.0. The van der Waals surface area contributed by atoms with Crippen LogP contribution in [0.15, 0.2) is 0 Å². The molecule has 0 radical (unpaired) electrons. The van der Waals surface area contributed by atoms with Gasteiger partial charge in [-0.05, 0) is 24.8 Å². The zero-order valence-electron chi connectivity index (χ0n) is 11.4. The molecule has 17 heavy (non-hydrogen) atoms. The Kier molecular flexibility index (Phi) is 5.93. The smallest absolute Gasteiger partial charge is 0.148 e. The zero-order chi connectivity index (χ0) is 12.9. The van der Waals surface area contributed by atoms with E-state index in [1.807, 2.05) is 0 Å². The molecule has 1 aliphatic rings. The van der Waals surface area contributed by atoms with E-state index in [0.717, 1.165) is 6.54 Å². The highest BCUT2D eigenvalue weighted by Crippen LogP contribution is 2.34. The Balaban J connectivity index is 2.73. The molecular formula is C13H27NO2S. The van der Waals surface area contributed by atoms with Crippen LogP contribution in [0, 0.1) is 11.8 Å². The summed E-state index contributed by atoms with van der Waals surface area (Å²) in [7, 11) is -2.89. The minimum absolute atomic E-state index is 0.153. The lowest BCUT2D eigenvalue weighted by Crippen LogP contribution is -2.45. The highest BCUT2D eigenvalue weighted by atomic mass is 32.2. The van der Waals surface area contributed by atoms with E-state index < -0.39 is 9.84 Å². The fourth-order valence-corrected chi connectivity index (χ4v) is 4.21. The predicted molar refractivity (Wildman–Crippen MR) is 72.9 cm³/mol. The number of rotatable bonds is 6. The number of sulfone groups is 1. The van der Waals surface area contributed by atoms with Crippen molar-refractivity contribution >= 4 is 9.84 Å². The minimum atomic E-state index is -2.89. The predicted octanol–water partition coefficient (Wildman–Crippen LogP) is 2.23. The second-order valence-corrected chi connectivity index (χ2v) is 7.56. The standard InChI is InChI=1S/C13H27NO2S/c1-4-11-8-6-7-9-12(11)13(14-5-2)10-17(3,15)16/h11-14H,4-10H2,1-3H3. The summed E-state index contributed by atoms with van der Waals surface area (Å²) >= 11 is 0. The molecule has 4 heteroatoms. The van der Waals surface area contributed by atoms with Crippen LogP contribution in [0.3, 0.4) is 0 Å². The van der Waals surface area contributed by atoms with Gasteiger partial charge in [-0.2, -0.15) is 0 Å². The first-order valence-electron chi connectivity index (χ1n) is 6.89. The van der Waals surface area contributed by atoms with Crippen LogP contribution >= 0.6 is 0 Å². The van der Waals surface area contributed by atoms with Crippen molar-refractivity contribution in [3.05, 3.63) is 0 Å². The molecule has 0 saturated heterocycles. The van der Waals surface area contributed by atoms with Crippen LogP contribution in [0.25, 0.3) is 0 Å². The zero-order valence-corrected chi connectivity index (χ0v) is 12.2. The van der Waals surface area contributed by atoms with E-state index in [-0.39, 0.29) is 6.04 Å². The van der Waals surface area contributed by atoms with Gasteiger partial charge in [0.2, 0.25) is 0 Å². The molecule has 0 amide bonds. The molecule has 0 bridgehead atoms. The van der Waals surface area contributed by atoms with Gasteiger partial charge in [-0.1, -0.05) is 39.5 Å². The molecule has 1 rings (SSSR count). The van der Waals surface area contributed by atoms with Crippen molar-refractivity contribution in [3.8, 4) is 0 Å². The third-order valence-corrected chi connectivity index (χ3v) is 4.92. The average Bonchev–Trinajstić information content (AvgIpc) is 2.27. The first-order chi connectivity index (χ1) is 7.98. The highest BCUT2D eigenvalue weighted by molar-refractivity contribution is 7.90. The van der Waals surface area contributed by atoms with Crippen LogP contribution in [0.4, 0.5) is 0 Å². The Morgan fingerprint density at radius 1 is 1.24 bits per heavy atom. The van der Waals surface area contributed by atoms with Crippen molar-refractivity contribution in [2.75, 3.05) is 18.6 Å². The molecular weight excluding hydrogens is 234 g/mol. The summed E-state index contributed by atoms with van der Waals surface area (Å²) in [5.41, 5.74) is 0. The van der Waals surface area contributed by atoms with Gasteiger partial charge in [0.25, 0.3) is 0 Å². The van der Waals surface area contributed by atoms with Crippen molar-refractivity contribution in [2.24, 2.45) is 11.8 Å². The summed E-state index contributed by atoms with van der Waals surface area (Å²) in [6.45, 7) is 5.14. The maximum atomic E-state index is 11.5. The molecule has 3 atom stereocenters. The van der Waals surface area contributed by atoms with Gasteiger partial charge in [0.1, 0.15) is 9.84 Å². The topological polar surface area (TPSA) is 46.2 Å². The molecule has 1 N–H and O–H groups in total. The Morgan fingerprint density at radius 2 is 1.88 bits per heavy atom. The maximum Gasteiger partial charge on any atom is 0.148 e. The summed E-state index contributed by atoms with van der Waals surface area (Å²) in [6, 6.07) is 0.153. The molecule has 1 saturated carbocycles. The number of hydrogen-bond acceptors (Lipinski definition) is 3. The van der Waals surface area contributed by atoms with Gasteiger partial charge in [0.05, 0.1) is 5.75 Å². The van der Waals surface area contributed by atoms with Gasteiger partial charge in [0.15, 0.2) is 0 Å². The van der Waals surface area contributed by atoms with Gasteiger partial charge in [-0.3, -0.25) is 0 Å².